The standard InChI is InChI=1S/C11H13NO/c1-7(13)10-5-4-9(6-11(10)12)8-2-3-8/h4-6,8H,2-3,12H2,1H3. The number of rotatable bonds is 2. The van der Waals surface area contributed by atoms with Gasteiger partial charge >= 0.3 is 0 Å². The third kappa shape index (κ3) is 1.57. The second-order valence-corrected chi connectivity index (χ2v) is 3.68. The third-order valence-corrected chi connectivity index (χ3v) is 2.50. The summed E-state index contributed by atoms with van der Waals surface area (Å²) in [6, 6.07) is 5.80. The van der Waals surface area contributed by atoms with E-state index in [9.17, 15) is 4.79 Å². The first kappa shape index (κ1) is 8.30. The summed E-state index contributed by atoms with van der Waals surface area (Å²) < 4.78 is 0. The molecule has 1 fully saturated rings. The van der Waals surface area contributed by atoms with Crippen LogP contribution in [0.25, 0.3) is 0 Å². The molecule has 0 spiro atoms. The normalized spacial score (nSPS) is 15.8. The lowest BCUT2D eigenvalue weighted by Crippen LogP contribution is -2.00. The molecule has 68 valence electrons. The summed E-state index contributed by atoms with van der Waals surface area (Å²) in [5.74, 6) is 0.739. The van der Waals surface area contributed by atoms with Gasteiger partial charge in [-0.25, -0.2) is 0 Å². The molecule has 1 aliphatic carbocycles. The molecular weight excluding hydrogens is 162 g/mol. The van der Waals surface area contributed by atoms with Crippen molar-refractivity contribution in [3.05, 3.63) is 29.3 Å². The zero-order valence-corrected chi connectivity index (χ0v) is 7.71. The van der Waals surface area contributed by atoms with E-state index in [1.165, 1.54) is 18.4 Å². The van der Waals surface area contributed by atoms with Gasteiger partial charge in [-0.1, -0.05) is 6.07 Å². The Balaban J connectivity index is 2.36. The predicted molar refractivity (Wildman–Crippen MR) is 52.8 cm³/mol. The number of anilines is 1. The van der Waals surface area contributed by atoms with Crippen LogP contribution in [0.3, 0.4) is 0 Å². The van der Waals surface area contributed by atoms with Crippen molar-refractivity contribution in [2.24, 2.45) is 0 Å². The molecule has 2 rings (SSSR count). The summed E-state index contributed by atoms with van der Waals surface area (Å²) >= 11 is 0. The highest BCUT2D eigenvalue weighted by molar-refractivity contribution is 5.99. The van der Waals surface area contributed by atoms with E-state index in [1.807, 2.05) is 18.2 Å². The highest BCUT2D eigenvalue weighted by atomic mass is 16.1. The van der Waals surface area contributed by atoms with E-state index in [1.54, 1.807) is 6.92 Å². The molecule has 0 amide bonds. The van der Waals surface area contributed by atoms with Crippen LogP contribution in [-0.4, -0.2) is 5.78 Å². The Morgan fingerprint density at radius 2 is 2.15 bits per heavy atom. The molecule has 0 radical (unpaired) electrons. The van der Waals surface area contributed by atoms with E-state index in [2.05, 4.69) is 0 Å². The van der Waals surface area contributed by atoms with Crippen molar-refractivity contribution in [3.8, 4) is 0 Å². The van der Waals surface area contributed by atoms with Crippen molar-refractivity contribution >= 4 is 11.5 Å². The fourth-order valence-electron chi connectivity index (χ4n) is 1.57. The average molecular weight is 175 g/mol. The molecule has 0 unspecified atom stereocenters. The minimum absolute atomic E-state index is 0.0415. The van der Waals surface area contributed by atoms with Gasteiger partial charge in [0.15, 0.2) is 5.78 Å². The Morgan fingerprint density at radius 1 is 1.46 bits per heavy atom. The van der Waals surface area contributed by atoms with Crippen LogP contribution in [0.2, 0.25) is 0 Å². The van der Waals surface area contributed by atoms with E-state index < -0.39 is 0 Å². The number of nitrogen functional groups attached to an aromatic ring is 1. The Bertz CT molecular complexity index is 353. The minimum Gasteiger partial charge on any atom is -0.398 e. The maximum atomic E-state index is 11.1. The maximum Gasteiger partial charge on any atom is 0.161 e. The first-order valence-corrected chi connectivity index (χ1v) is 4.59. The number of hydrogen-bond donors (Lipinski definition) is 1. The number of carbonyl (C=O) groups excluding carboxylic acids is 1. The van der Waals surface area contributed by atoms with Crippen molar-refractivity contribution < 1.29 is 4.79 Å². The number of Topliss-reactive ketones (excluding diaryl/α,β-unsaturated/α-hetero) is 1. The molecule has 13 heavy (non-hydrogen) atoms. The summed E-state index contributed by atoms with van der Waals surface area (Å²) in [4.78, 5) is 11.1. The highest BCUT2D eigenvalue weighted by Gasteiger charge is 2.23. The molecule has 0 heterocycles. The van der Waals surface area contributed by atoms with Crippen LogP contribution in [0.1, 0.15) is 41.6 Å². The molecule has 2 heteroatoms. The number of hydrogen-bond acceptors (Lipinski definition) is 2. The summed E-state index contributed by atoms with van der Waals surface area (Å²) in [5, 5.41) is 0. The zero-order chi connectivity index (χ0) is 9.42. The number of carbonyl (C=O) groups is 1. The molecule has 2 N–H and O–H groups in total. The Kier molecular flexibility index (Phi) is 1.83. The fraction of sp³-hybridized carbons (Fsp3) is 0.364. The zero-order valence-electron chi connectivity index (χ0n) is 7.71. The second kappa shape index (κ2) is 2.87. The summed E-state index contributed by atoms with van der Waals surface area (Å²) in [5.41, 5.74) is 8.31. The highest BCUT2D eigenvalue weighted by Crippen LogP contribution is 2.40. The van der Waals surface area contributed by atoms with Crippen LogP contribution < -0.4 is 5.73 Å². The van der Waals surface area contributed by atoms with Crippen LogP contribution in [-0.2, 0) is 0 Å². The van der Waals surface area contributed by atoms with Crippen LogP contribution in [0.4, 0.5) is 5.69 Å². The lowest BCUT2D eigenvalue weighted by molar-refractivity contribution is 0.101. The van der Waals surface area contributed by atoms with Gasteiger partial charge in [0.05, 0.1) is 0 Å². The van der Waals surface area contributed by atoms with E-state index >= 15 is 0 Å². The van der Waals surface area contributed by atoms with Gasteiger partial charge in [0.2, 0.25) is 0 Å². The van der Waals surface area contributed by atoms with E-state index in [4.69, 9.17) is 5.73 Å². The molecule has 1 aromatic rings. The van der Waals surface area contributed by atoms with Crippen LogP contribution in [0, 0.1) is 0 Å². The monoisotopic (exact) mass is 175 g/mol. The lowest BCUT2D eigenvalue weighted by Gasteiger charge is -2.04. The quantitative estimate of drug-likeness (QED) is 0.553. The summed E-state index contributed by atoms with van der Waals surface area (Å²) in [6.07, 6.45) is 2.53. The Labute approximate surface area is 77.8 Å². The predicted octanol–water partition coefficient (Wildman–Crippen LogP) is 2.35. The van der Waals surface area contributed by atoms with Crippen molar-refractivity contribution in [2.45, 2.75) is 25.7 Å². The molecule has 1 aromatic carbocycles. The SMILES string of the molecule is CC(=O)c1ccc(C2CC2)cc1N. The smallest absolute Gasteiger partial charge is 0.161 e. The molecule has 1 saturated carbocycles. The second-order valence-electron chi connectivity index (χ2n) is 3.68. The van der Waals surface area contributed by atoms with E-state index in [0.717, 1.165) is 0 Å². The van der Waals surface area contributed by atoms with Gasteiger partial charge in [-0.3, -0.25) is 4.79 Å². The van der Waals surface area contributed by atoms with E-state index in [-0.39, 0.29) is 5.78 Å². The van der Waals surface area contributed by atoms with Gasteiger partial charge in [-0.2, -0.15) is 0 Å². The van der Waals surface area contributed by atoms with Gasteiger partial charge in [0.25, 0.3) is 0 Å². The number of nitrogens with two attached hydrogens (primary N) is 1. The van der Waals surface area contributed by atoms with Gasteiger partial charge < -0.3 is 5.73 Å². The van der Waals surface area contributed by atoms with E-state index in [0.29, 0.717) is 17.2 Å². The third-order valence-electron chi connectivity index (χ3n) is 2.50. The number of benzene rings is 1. The van der Waals surface area contributed by atoms with Crippen LogP contribution in [0.5, 0.6) is 0 Å². The van der Waals surface area contributed by atoms with Crippen molar-refractivity contribution in [1.29, 1.82) is 0 Å². The topological polar surface area (TPSA) is 43.1 Å². The summed E-state index contributed by atoms with van der Waals surface area (Å²) in [6.45, 7) is 1.54. The summed E-state index contributed by atoms with van der Waals surface area (Å²) in [7, 11) is 0. The largest absolute Gasteiger partial charge is 0.398 e. The molecule has 0 aromatic heterocycles. The van der Waals surface area contributed by atoms with Crippen molar-refractivity contribution in [2.75, 3.05) is 5.73 Å². The van der Waals surface area contributed by atoms with Gasteiger partial charge in [-0.15, -0.1) is 0 Å². The van der Waals surface area contributed by atoms with Crippen LogP contribution >= 0.6 is 0 Å². The average Bonchev–Trinajstić information content (AvgIpc) is 2.85. The first-order chi connectivity index (χ1) is 6.18. The molecular formula is C11H13NO. The molecule has 0 aliphatic heterocycles. The molecule has 0 bridgehead atoms. The number of ketones is 1. The Hall–Kier alpha value is -1.31. The molecule has 1 aliphatic rings. The maximum absolute atomic E-state index is 11.1. The molecule has 2 nitrogen and oxygen atoms in total. The van der Waals surface area contributed by atoms with Crippen molar-refractivity contribution in [3.63, 3.8) is 0 Å². The van der Waals surface area contributed by atoms with Crippen molar-refractivity contribution in [1.82, 2.24) is 0 Å². The minimum atomic E-state index is 0.0415. The fourth-order valence-corrected chi connectivity index (χ4v) is 1.57. The molecule has 0 saturated heterocycles. The van der Waals surface area contributed by atoms with Crippen LogP contribution in [0.15, 0.2) is 18.2 Å². The van der Waals surface area contributed by atoms with Gasteiger partial charge in [0.1, 0.15) is 0 Å². The lowest BCUT2D eigenvalue weighted by atomic mass is 10.0. The van der Waals surface area contributed by atoms with Gasteiger partial charge in [-0.05, 0) is 43.4 Å². The first-order valence-electron chi connectivity index (χ1n) is 4.59. The van der Waals surface area contributed by atoms with Gasteiger partial charge in [0, 0.05) is 11.3 Å². The molecule has 0 atom stereocenters. The Morgan fingerprint density at radius 3 is 2.62 bits per heavy atom.